The van der Waals surface area contributed by atoms with E-state index in [0.717, 1.165) is 11.3 Å². The van der Waals surface area contributed by atoms with Gasteiger partial charge in [0, 0.05) is 37.0 Å². The van der Waals surface area contributed by atoms with Gasteiger partial charge in [-0.3, -0.25) is 15.0 Å². The van der Waals surface area contributed by atoms with E-state index in [1.165, 1.54) is 17.0 Å². The molecule has 0 saturated carbocycles. The highest BCUT2D eigenvalue weighted by Crippen LogP contribution is 2.31. The monoisotopic (exact) mass is 354 g/mol. The van der Waals surface area contributed by atoms with E-state index in [-0.39, 0.29) is 0 Å². The van der Waals surface area contributed by atoms with Gasteiger partial charge in [-0.15, -0.1) is 0 Å². The molecule has 4 rings (SSSR count). The fraction of sp³-hybridized carbons (Fsp3) is 0.167. The molecule has 1 fully saturated rings. The first-order valence-corrected chi connectivity index (χ1v) is 8.04. The number of halogens is 1. The number of carbonyl (C=O) groups is 1. The van der Waals surface area contributed by atoms with Gasteiger partial charge in [0.15, 0.2) is 17.4 Å². The highest BCUT2D eigenvalue weighted by Gasteiger charge is 2.31. The number of benzene rings is 1. The quantitative estimate of drug-likeness (QED) is 0.752. The fourth-order valence-corrected chi connectivity index (χ4v) is 2.88. The Kier molecular flexibility index (Phi) is 4.00. The van der Waals surface area contributed by atoms with E-state index in [1.54, 1.807) is 24.5 Å². The number of anilines is 1. The van der Waals surface area contributed by atoms with Gasteiger partial charge in [-0.1, -0.05) is 6.07 Å². The van der Waals surface area contributed by atoms with Crippen LogP contribution in [0.15, 0.2) is 48.8 Å². The molecule has 1 aliphatic heterocycles. The van der Waals surface area contributed by atoms with Gasteiger partial charge in [0.2, 0.25) is 0 Å². The Morgan fingerprint density at radius 3 is 2.77 bits per heavy atom. The van der Waals surface area contributed by atoms with Crippen molar-refractivity contribution in [2.45, 2.75) is 12.5 Å². The Balaban J connectivity index is 1.50. The number of nitrogens with zero attached hydrogens (tertiary/aromatic N) is 3. The van der Waals surface area contributed by atoms with E-state index in [1.807, 2.05) is 12.1 Å². The van der Waals surface area contributed by atoms with Crippen LogP contribution in [0.1, 0.15) is 18.1 Å². The van der Waals surface area contributed by atoms with Crippen LogP contribution in [0.25, 0.3) is 11.3 Å². The number of amides is 1. The van der Waals surface area contributed by atoms with E-state index >= 15 is 0 Å². The predicted molar refractivity (Wildman–Crippen MR) is 91.1 cm³/mol. The minimum Gasteiger partial charge on any atom is -0.505 e. The highest BCUT2D eigenvalue weighted by molar-refractivity contribution is 5.88. The lowest BCUT2D eigenvalue weighted by atomic mass is 10.0. The summed E-state index contributed by atoms with van der Waals surface area (Å²) in [5, 5.41) is 16.3. The third kappa shape index (κ3) is 2.97. The maximum atomic E-state index is 13.5. The molecule has 1 atom stereocenters. The molecule has 1 aromatic carbocycles. The van der Waals surface area contributed by atoms with Crippen LogP contribution in [0, 0.1) is 5.82 Å². The summed E-state index contributed by atoms with van der Waals surface area (Å²) in [4.78, 5) is 17.8. The van der Waals surface area contributed by atoms with Gasteiger partial charge in [0.25, 0.3) is 0 Å². The normalized spacial score (nSPS) is 17.2. The molecule has 2 N–H and O–H groups in total. The zero-order valence-electron chi connectivity index (χ0n) is 13.6. The second kappa shape index (κ2) is 6.47. The molecule has 132 valence electrons. The Morgan fingerprint density at radius 2 is 2.04 bits per heavy atom. The molecule has 0 radical (unpaired) electrons. The lowest BCUT2D eigenvalue weighted by Crippen LogP contribution is -2.39. The second-order valence-electron chi connectivity index (χ2n) is 5.90. The molecule has 7 nitrogen and oxygen atoms in total. The molecule has 3 aromatic rings. The molecule has 1 aliphatic rings. The molecule has 0 spiro atoms. The maximum Gasteiger partial charge on any atom is 0.416 e. The van der Waals surface area contributed by atoms with E-state index in [4.69, 9.17) is 4.74 Å². The van der Waals surface area contributed by atoms with E-state index in [0.29, 0.717) is 24.3 Å². The molecule has 0 aliphatic carbocycles. The van der Waals surface area contributed by atoms with Crippen molar-refractivity contribution in [2.75, 3.05) is 11.4 Å². The van der Waals surface area contributed by atoms with E-state index in [9.17, 15) is 14.3 Å². The number of hydrogen-bond acceptors (Lipinski definition) is 5. The van der Waals surface area contributed by atoms with Crippen LogP contribution in [0.2, 0.25) is 0 Å². The first kappa shape index (κ1) is 16.1. The average Bonchev–Trinajstić information content (AvgIpc) is 3.14. The van der Waals surface area contributed by atoms with Crippen LogP contribution in [-0.4, -0.2) is 32.9 Å². The van der Waals surface area contributed by atoms with Gasteiger partial charge < -0.3 is 9.84 Å². The van der Waals surface area contributed by atoms with Crippen molar-refractivity contribution < 1.29 is 19.0 Å². The molecule has 1 amide bonds. The number of phenolic OH excluding ortho intramolecular Hbond substituents is 1. The van der Waals surface area contributed by atoms with Gasteiger partial charge in [0.1, 0.15) is 6.10 Å². The fourth-order valence-electron chi connectivity index (χ4n) is 2.88. The number of H-pyrrole nitrogens is 1. The standard InChI is InChI=1S/C18H15FN4O3/c19-13-9-12(1-2-15(13)24)16-5-8-23(18(25)26-16)17-10-14(21-22-17)11-3-6-20-7-4-11/h1-4,6-7,9-10,16,24H,5,8H2,(H,21,22). The number of aromatic nitrogens is 3. The van der Waals surface area contributed by atoms with Crippen molar-refractivity contribution in [3.05, 3.63) is 60.2 Å². The third-order valence-electron chi connectivity index (χ3n) is 4.25. The Labute approximate surface area is 148 Å². The largest absolute Gasteiger partial charge is 0.505 e. The number of cyclic esters (lactones) is 1. The second-order valence-corrected chi connectivity index (χ2v) is 5.90. The van der Waals surface area contributed by atoms with Crippen molar-refractivity contribution in [1.29, 1.82) is 0 Å². The molecular formula is C18H15FN4O3. The number of aromatic hydroxyl groups is 1. The number of carbonyl (C=O) groups excluding carboxylic acids is 1. The summed E-state index contributed by atoms with van der Waals surface area (Å²) in [6, 6.07) is 9.40. The van der Waals surface area contributed by atoms with Crippen molar-refractivity contribution >= 4 is 11.9 Å². The smallest absolute Gasteiger partial charge is 0.416 e. The molecule has 3 heterocycles. The number of nitrogens with one attached hydrogen (secondary N) is 1. The van der Waals surface area contributed by atoms with Crippen molar-refractivity contribution in [1.82, 2.24) is 15.2 Å². The summed E-state index contributed by atoms with van der Waals surface area (Å²) < 4.78 is 18.9. The van der Waals surface area contributed by atoms with Crippen LogP contribution in [-0.2, 0) is 4.74 Å². The lowest BCUT2D eigenvalue weighted by molar-refractivity contribution is 0.0837. The minimum atomic E-state index is -0.740. The summed E-state index contributed by atoms with van der Waals surface area (Å²) in [7, 11) is 0. The highest BCUT2D eigenvalue weighted by atomic mass is 19.1. The topological polar surface area (TPSA) is 91.3 Å². The number of phenols is 1. The number of aromatic amines is 1. The summed E-state index contributed by atoms with van der Waals surface area (Å²) in [5.74, 6) is -0.718. The predicted octanol–water partition coefficient (Wildman–Crippen LogP) is 3.40. The van der Waals surface area contributed by atoms with Gasteiger partial charge in [-0.25, -0.2) is 9.18 Å². The average molecular weight is 354 g/mol. The first-order chi connectivity index (χ1) is 12.6. The molecule has 0 bridgehead atoms. The van der Waals surface area contributed by atoms with Crippen LogP contribution in [0.3, 0.4) is 0 Å². The minimum absolute atomic E-state index is 0.382. The molecule has 1 saturated heterocycles. The van der Waals surface area contributed by atoms with Crippen LogP contribution in [0.5, 0.6) is 5.75 Å². The summed E-state index contributed by atoms with van der Waals surface area (Å²) in [6.07, 6.45) is 2.71. The van der Waals surface area contributed by atoms with Gasteiger partial charge in [-0.2, -0.15) is 5.10 Å². The third-order valence-corrected chi connectivity index (χ3v) is 4.25. The van der Waals surface area contributed by atoms with Crippen LogP contribution >= 0.6 is 0 Å². The number of rotatable bonds is 3. The Hall–Kier alpha value is -3.42. The van der Waals surface area contributed by atoms with E-state index in [2.05, 4.69) is 15.2 Å². The Morgan fingerprint density at radius 1 is 1.23 bits per heavy atom. The van der Waals surface area contributed by atoms with Gasteiger partial charge >= 0.3 is 6.09 Å². The zero-order chi connectivity index (χ0) is 18.1. The van der Waals surface area contributed by atoms with Gasteiger partial charge in [0.05, 0.1) is 5.69 Å². The lowest BCUT2D eigenvalue weighted by Gasteiger charge is -2.30. The van der Waals surface area contributed by atoms with Crippen molar-refractivity contribution in [3.63, 3.8) is 0 Å². The summed E-state index contributed by atoms with van der Waals surface area (Å²) >= 11 is 0. The first-order valence-electron chi connectivity index (χ1n) is 8.04. The number of ether oxygens (including phenoxy) is 1. The van der Waals surface area contributed by atoms with Crippen LogP contribution < -0.4 is 4.90 Å². The maximum absolute atomic E-state index is 13.5. The van der Waals surface area contributed by atoms with E-state index < -0.39 is 23.8 Å². The number of hydrogen-bond donors (Lipinski definition) is 2. The van der Waals surface area contributed by atoms with Crippen molar-refractivity contribution in [3.8, 4) is 17.0 Å². The zero-order valence-corrected chi connectivity index (χ0v) is 13.6. The molecule has 1 unspecified atom stereocenters. The molecule has 26 heavy (non-hydrogen) atoms. The summed E-state index contributed by atoms with van der Waals surface area (Å²) in [5.41, 5.74) is 2.17. The molecular weight excluding hydrogens is 339 g/mol. The van der Waals surface area contributed by atoms with Gasteiger partial charge in [-0.05, 0) is 29.8 Å². The summed E-state index contributed by atoms with van der Waals surface area (Å²) in [6.45, 7) is 0.382. The van der Waals surface area contributed by atoms with Crippen LogP contribution in [0.4, 0.5) is 15.0 Å². The SMILES string of the molecule is O=C1OC(c2ccc(O)c(F)c2)CCN1c1cc(-c2ccncc2)[nH]n1. The molecule has 8 heteroatoms. The van der Waals surface area contributed by atoms with Crippen molar-refractivity contribution in [2.24, 2.45) is 0 Å². The Bertz CT molecular complexity index is 945. The number of pyridine rings is 1. The molecule has 2 aromatic heterocycles.